The van der Waals surface area contributed by atoms with Crippen LogP contribution in [0.15, 0.2) is 24.3 Å². The zero-order valence-corrected chi connectivity index (χ0v) is 16.3. The molecule has 2 aliphatic carbocycles. The lowest BCUT2D eigenvalue weighted by molar-refractivity contribution is 0.136. The molecule has 0 heterocycles. The maximum atomic E-state index is 2.50. The van der Waals surface area contributed by atoms with Gasteiger partial charge in [0.2, 0.25) is 0 Å². The summed E-state index contributed by atoms with van der Waals surface area (Å²) in [6.07, 6.45) is 14.7. The highest BCUT2D eigenvalue weighted by Gasteiger charge is 2.32. The van der Waals surface area contributed by atoms with Crippen LogP contribution in [0, 0.1) is 30.6 Å². The first-order chi connectivity index (χ1) is 11.7. The van der Waals surface area contributed by atoms with Crippen LogP contribution in [0.3, 0.4) is 0 Å². The molecule has 1 atom stereocenters. The number of hydrogen-bond donors (Lipinski definition) is 0. The normalized spacial score (nSPS) is 32.5. The summed E-state index contributed by atoms with van der Waals surface area (Å²) in [4.78, 5) is 0. The van der Waals surface area contributed by atoms with E-state index in [1.54, 1.807) is 5.56 Å². The third-order valence-corrected chi connectivity index (χ3v) is 7.35. The van der Waals surface area contributed by atoms with Crippen LogP contribution >= 0.6 is 0 Å². The van der Waals surface area contributed by atoms with Gasteiger partial charge in [-0.25, -0.2) is 0 Å². The van der Waals surface area contributed by atoms with Gasteiger partial charge in [0, 0.05) is 0 Å². The molecule has 24 heavy (non-hydrogen) atoms. The molecule has 0 radical (unpaired) electrons. The lowest BCUT2D eigenvalue weighted by Crippen LogP contribution is -2.27. The molecule has 0 aliphatic heterocycles. The molecular formula is C24H38. The van der Waals surface area contributed by atoms with E-state index >= 15 is 0 Å². The maximum Gasteiger partial charge on any atom is -0.0162 e. The molecular weight excluding hydrogens is 288 g/mol. The summed E-state index contributed by atoms with van der Waals surface area (Å²) in [5.41, 5.74) is 2.98. The third-order valence-electron chi connectivity index (χ3n) is 7.35. The average Bonchev–Trinajstić information content (AvgIpc) is 2.63. The predicted octanol–water partition coefficient (Wildman–Crippen LogP) is 7.51. The van der Waals surface area contributed by atoms with Crippen molar-refractivity contribution in [2.45, 2.75) is 90.9 Å². The first kappa shape index (κ1) is 18.0. The summed E-state index contributed by atoms with van der Waals surface area (Å²) in [5, 5.41) is 0. The van der Waals surface area contributed by atoms with Crippen molar-refractivity contribution in [2.24, 2.45) is 23.7 Å². The van der Waals surface area contributed by atoms with Crippen LogP contribution in [0.2, 0.25) is 0 Å². The van der Waals surface area contributed by atoms with E-state index in [0.717, 1.165) is 29.6 Å². The molecule has 0 spiro atoms. The van der Waals surface area contributed by atoms with Crippen molar-refractivity contribution >= 4 is 0 Å². The van der Waals surface area contributed by atoms with Crippen LogP contribution in [0.25, 0.3) is 0 Å². The van der Waals surface area contributed by atoms with Gasteiger partial charge in [-0.15, -0.1) is 0 Å². The van der Waals surface area contributed by atoms with Crippen LogP contribution in [0.1, 0.15) is 95.1 Å². The van der Waals surface area contributed by atoms with Gasteiger partial charge in [0.1, 0.15) is 0 Å². The fourth-order valence-electron chi connectivity index (χ4n) is 5.64. The molecule has 0 bridgehead atoms. The molecule has 2 aliphatic rings. The van der Waals surface area contributed by atoms with E-state index in [2.05, 4.69) is 45.0 Å². The number of rotatable bonds is 5. The van der Waals surface area contributed by atoms with Gasteiger partial charge in [0.15, 0.2) is 0 Å². The number of benzene rings is 1. The molecule has 3 rings (SSSR count). The SMILES string of the molecule is CCCC(C)C1CCC(C2CCC(c3ccc(C)cc3)CC2)CC1. The van der Waals surface area contributed by atoms with Crippen LogP contribution in [0.5, 0.6) is 0 Å². The molecule has 1 aromatic rings. The summed E-state index contributed by atoms with van der Waals surface area (Å²) in [6.45, 7) is 7.04. The molecule has 134 valence electrons. The molecule has 0 amide bonds. The van der Waals surface area contributed by atoms with Gasteiger partial charge in [0.05, 0.1) is 0 Å². The van der Waals surface area contributed by atoms with Crippen molar-refractivity contribution < 1.29 is 0 Å². The van der Waals surface area contributed by atoms with Gasteiger partial charge in [-0.2, -0.15) is 0 Å². The second-order valence-electron chi connectivity index (χ2n) is 8.96. The van der Waals surface area contributed by atoms with Crippen molar-refractivity contribution in [3.8, 4) is 0 Å². The number of aryl methyl sites for hydroxylation is 1. The molecule has 0 aromatic heterocycles. The number of hydrogen-bond acceptors (Lipinski definition) is 0. The largest absolute Gasteiger partial charge is 0.0654 e. The fraction of sp³-hybridized carbons (Fsp3) is 0.750. The van der Waals surface area contributed by atoms with Gasteiger partial charge < -0.3 is 0 Å². The van der Waals surface area contributed by atoms with E-state index in [-0.39, 0.29) is 0 Å². The van der Waals surface area contributed by atoms with E-state index in [9.17, 15) is 0 Å². The van der Waals surface area contributed by atoms with Crippen molar-refractivity contribution in [2.75, 3.05) is 0 Å². The minimum Gasteiger partial charge on any atom is -0.0654 e. The van der Waals surface area contributed by atoms with Crippen molar-refractivity contribution in [1.82, 2.24) is 0 Å². The Kier molecular flexibility index (Phi) is 6.42. The van der Waals surface area contributed by atoms with Gasteiger partial charge >= 0.3 is 0 Å². The molecule has 0 heteroatoms. The Hall–Kier alpha value is -0.780. The Bertz CT molecular complexity index is 469. The molecule has 2 fully saturated rings. The standard InChI is InChI=1S/C24H38/c1-4-5-19(3)20-10-12-22(13-11-20)24-16-14-23(15-17-24)21-8-6-18(2)7-9-21/h6-9,19-20,22-24H,4-5,10-17H2,1-3H3. The Morgan fingerprint density at radius 2 is 1.38 bits per heavy atom. The van der Waals surface area contributed by atoms with Crippen molar-refractivity contribution in [3.05, 3.63) is 35.4 Å². The lowest BCUT2D eigenvalue weighted by Gasteiger charge is -2.39. The van der Waals surface area contributed by atoms with Crippen LogP contribution in [-0.2, 0) is 0 Å². The lowest BCUT2D eigenvalue weighted by atomic mass is 9.66. The molecule has 0 nitrogen and oxygen atoms in total. The van der Waals surface area contributed by atoms with Crippen LogP contribution in [-0.4, -0.2) is 0 Å². The van der Waals surface area contributed by atoms with Gasteiger partial charge in [-0.1, -0.05) is 56.5 Å². The maximum absolute atomic E-state index is 2.50. The van der Waals surface area contributed by atoms with Crippen LogP contribution in [0.4, 0.5) is 0 Å². The van der Waals surface area contributed by atoms with E-state index in [4.69, 9.17) is 0 Å². The second-order valence-corrected chi connectivity index (χ2v) is 8.96. The summed E-state index contributed by atoms with van der Waals surface area (Å²) < 4.78 is 0. The summed E-state index contributed by atoms with van der Waals surface area (Å²) >= 11 is 0. The first-order valence-electron chi connectivity index (χ1n) is 10.7. The summed E-state index contributed by atoms with van der Waals surface area (Å²) in [6, 6.07) is 9.33. The monoisotopic (exact) mass is 326 g/mol. The first-order valence-corrected chi connectivity index (χ1v) is 10.7. The topological polar surface area (TPSA) is 0 Å². The zero-order chi connectivity index (χ0) is 16.9. The molecule has 2 saturated carbocycles. The average molecular weight is 327 g/mol. The highest BCUT2D eigenvalue weighted by molar-refractivity contribution is 5.24. The van der Waals surface area contributed by atoms with E-state index in [1.807, 2.05) is 0 Å². The minimum absolute atomic E-state index is 0.836. The third kappa shape index (κ3) is 4.44. The van der Waals surface area contributed by atoms with Gasteiger partial charge in [-0.05, 0) is 93.4 Å². The van der Waals surface area contributed by atoms with E-state index in [1.165, 1.54) is 69.8 Å². The highest BCUT2D eigenvalue weighted by atomic mass is 14.4. The smallest absolute Gasteiger partial charge is 0.0162 e. The zero-order valence-electron chi connectivity index (χ0n) is 16.3. The summed E-state index contributed by atoms with van der Waals surface area (Å²) in [7, 11) is 0. The quantitative estimate of drug-likeness (QED) is 0.525. The second kappa shape index (κ2) is 8.54. The van der Waals surface area contributed by atoms with E-state index in [0.29, 0.717) is 0 Å². The van der Waals surface area contributed by atoms with E-state index < -0.39 is 0 Å². The fourth-order valence-corrected chi connectivity index (χ4v) is 5.64. The Morgan fingerprint density at radius 3 is 1.92 bits per heavy atom. The van der Waals surface area contributed by atoms with Gasteiger partial charge in [-0.3, -0.25) is 0 Å². The summed E-state index contributed by atoms with van der Waals surface area (Å²) in [5.74, 6) is 4.92. The minimum atomic E-state index is 0.836. The van der Waals surface area contributed by atoms with Crippen molar-refractivity contribution in [3.63, 3.8) is 0 Å². The van der Waals surface area contributed by atoms with Crippen LogP contribution < -0.4 is 0 Å². The Balaban J connectivity index is 1.45. The Labute approximate surface area is 150 Å². The molecule has 1 unspecified atom stereocenters. The van der Waals surface area contributed by atoms with Gasteiger partial charge in [0.25, 0.3) is 0 Å². The molecule has 0 saturated heterocycles. The highest BCUT2D eigenvalue weighted by Crippen LogP contribution is 2.45. The molecule has 1 aromatic carbocycles. The predicted molar refractivity (Wildman–Crippen MR) is 105 cm³/mol. The van der Waals surface area contributed by atoms with Crippen molar-refractivity contribution in [1.29, 1.82) is 0 Å². The molecule has 0 N–H and O–H groups in total. The Morgan fingerprint density at radius 1 is 0.833 bits per heavy atom.